The summed E-state index contributed by atoms with van der Waals surface area (Å²) in [7, 11) is 0. The third kappa shape index (κ3) is 9.81. The first-order valence-electron chi connectivity index (χ1n) is 15.8. The standard InChI is InChI=1S/C30H56O6/c31-28-25-21-17-13-9-5-6-10-14-18-22-26-29(30(28,32)36-35-29)34-33-27-23-19-15-11-7-3-1-2-4-8-12-16-20-24-27/h27-28,31-32H,1-26H2. The number of rotatable bonds is 3. The summed E-state index contributed by atoms with van der Waals surface area (Å²) in [6, 6.07) is 0. The van der Waals surface area contributed by atoms with Crippen LogP contribution in [0.4, 0.5) is 0 Å². The maximum Gasteiger partial charge on any atom is 0.292 e. The number of fused-ring (bicyclic) bond motifs is 1. The van der Waals surface area contributed by atoms with E-state index in [0.717, 1.165) is 51.4 Å². The topological polar surface area (TPSA) is 77.4 Å². The van der Waals surface area contributed by atoms with Gasteiger partial charge >= 0.3 is 0 Å². The summed E-state index contributed by atoms with van der Waals surface area (Å²) in [6.07, 6.45) is 28.4. The van der Waals surface area contributed by atoms with Gasteiger partial charge < -0.3 is 10.2 Å². The molecule has 3 unspecified atom stereocenters. The normalized spacial score (nSPS) is 34.7. The van der Waals surface area contributed by atoms with E-state index >= 15 is 0 Å². The molecule has 0 aromatic heterocycles. The molecule has 0 spiro atoms. The second-order valence-corrected chi connectivity index (χ2v) is 11.8. The Balaban J connectivity index is 1.58. The number of hydrogen-bond donors (Lipinski definition) is 2. The molecule has 1 aliphatic heterocycles. The lowest BCUT2D eigenvalue weighted by Gasteiger charge is -2.52. The highest BCUT2D eigenvalue weighted by Gasteiger charge is 2.70. The van der Waals surface area contributed by atoms with Crippen molar-refractivity contribution in [1.29, 1.82) is 0 Å². The number of aliphatic hydroxyl groups is 2. The summed E-state index contributed by atoms with van der Waals surface area (Å²) in [6.45, 7) is 0. The molecular weight excluding hydrogens is 456 g/mol. The summed E-state index contributed by atoms with van der Waals surface area (Å²) in [5.41, 5.74) is 0. The molecule has 2 aliphatic carbocycles. The molecule has 3 atom stereocenters. The number of hydrogen-bond acceptors (Lipinski definition) is 6. The summed E-state index contributed by atoms with van der Waals surface area (Å²) in [4.78, 5) is 22.8. The fourth-order valence-electron chi connectivity index (χ4n) is 6.07. The highest BCUT2D eigenvalue weighted by Crippen LogP contribution is 2.47. The minimum absolute atomic E-state index is 0.0216. The lowest BCUT2D eigenvalue weighted by atomic mass is 9.90. The van der Waals surface area contributed by atoms with E-state index in [1.165, 1.54) is 103 Å². The van der Waals surface area contributed by atoms with Gasteiger partial charge in [0, 0.05) is 6.42 Å². The molecule has 3 fully saturated rings. The molecule has 36 heavy (non-hydrogen) atoms. The van der Waals surface area contributed by atoms with Crippen LogP contribution in [0.15, 0.2) is 0 Å². The fraction of sp³-hybridized carbons (Fsp3) is 1.00. The van der Waals surface area contributed by atoms with Gasteiger partial charge in [-0.05, 0) is 25.7 Å². The van der Waals surface area contributed by atoms with Crippen LogP contribution in [0.25, 0.3) is 0 Å². The van der Waals surface area contributed by atoms with E-state index in [1.807, 2.05) is 0 Å². The zero-order valence-corrected chi connectivity index (χ0v) is 23.1. The van der Waals surface area contributed by atoms with Crippen LogP contribution >= 0.6 is 0 Å². The van der Waals surface area contributed by atoms with Crippen molar-refractivity contribution in [3.8, 4) is 0 Å². The number of aliphatic hydroxyl groups excluding tert-OH is 1. The summed E-state index contributed by atoms with van der Waals surface area (Å²) in [5.74, 6) is -3.34. The molecule has 6 heteroatoms. The first-order chi connectivity index (χ1) is 17.7. The first-order valence-corrected chi connectivity index (χ1v) is 15.8. The Kier molecular flexibility index (Phi) is 14.6. The van der Waals surface area contributed by atoms with Crippen LogP contribution in [-0.4, -0.2) is 34.0 Å². The van der Waals surface area contributed by atoms with Gasteiger partial charge in [0.15, 0.2) is 0 Å². The average Bonchev–Trinajstić information content (AvgIpc) is 2.89. The molecule has 0 bridgehead atoms. The quantitative estimate of drug-likeness (QED) is 0.293. The van der Waals surface area contributed by atoms with Crippen molar-refractivity contribution in [3.63, 3.8) is 0 Å². The first kappa shape index (κ1) is 30.3. The lowest BCUT2D eigenvalue weighted by Crippen LogP contribution is -2.73. The Morgan fingerprint density at radius 3 is 1.31 bits per heavy atom. The Bertz CT molecular complexity index is 544. The van der Waals surface area contributed by atoms with Gasteiger partial charge in [-0.3, -0.25) is 0 Å². The molecule has 0 amide bonds. The second kappa shape index (κ2) is 17.4. The van der Waals surface area contributed by atoms with Gasteiger partial charge in [0.2, 0.25) is 0 Å². The van der Waals surface area contributed by atoms with Crippen LogP contribution in [0, 0.1) is 0 Å². The highest BCUT2D eigenvalue weighted by molar-refractivity contribution is 4.96. The molecule has 0 aromatic carbocycles. The van der Waals surface area contributed by atoms with Crippen LogP contribution < -0.4 is 0 Å². The monoisotopic (exact) mass is 512 g/mol. The molecule has 3 rings (SSSR count). The Hall–Kier alpha value is -0.240. The van der Waals surface area contributed by atoms with Crippen molar-refractivity contribution < 1.29 is 29.8 Å². The predicted octanol–water partition coefficient (Wildman–Crippen LogP) is 8.18. The SMILES string of the molecule is OC1CCCCCCCCCCCCC2(OOC3CCCCCCCCCCCCCC3)OOC12O. The molecule has 6 nitrogen and oxygen atoms in total. The van der Waals surface area contributed by atoms with E-state index in [1.54, 1.807) is 0 Å². The lowest BCUT2D eigenvalue weighted by molar-refractivity contribution is -0.704. The molecule has 0 aromatic rings. The van der Waals surface area contributed by atoms with Crippen LogP contribution in [0.3, 0.4) is 0 Å². The largest absolute Gasteiger partial charge is 0.387 e. The molecular formula is C30H56O6. The van der Waals surface area contributed by atoms with Crippen molar-refractivity contribution in [3.05, 3.63) is 0 Å². The fourth-order valence-corrected chi connectivity index (χ4v) is 6.07. The van der Waals surface area contributed by atoms with Gasteiger partial charge in [-0.1, -0.05) is 135 Å². The molecule has 3 aliphatic rings. The van der Waals surface area contributed by atoms with Gasteiger partial charge in [0.25, 0.3) is 11.6 Å². The van der Waals surface area contributed by atoms with Gasteiger partial charge in [0.05, 0.1) is 6.10 Å². The zero-order valence-electron chi connectivity index (χ0n) is 23.1. The summed E-state index contributed by atoms with van der Waals surface area (Å²) < 4.78 is 0. The van der Waals surface area contributed by atoms with Gasteiger partial charge in [-0.25, -0.2) is 4.89 Å². The minimum Gasteiger partial charge on any atom is -0.387 e. The third-order valence-corrected chi connectivity index (χ3v) is 8.66. The molecule has 1 saturated heterocycles. The summed E-state index contributed by atoms with van der Waals surface area (Å²) >= 11 is 0. The van der Waals surface area contributed by atoms with Crippen molar-refractivity contribution in [2.24, 2.45) is 0 Å². The predicted molar refractivity (Wildman–Crippen MR) is 142 cm³/mol. The van der Waals surface area contributed by atoms with Crippen molar-refractivity contribution in [1.82, 2.24) is 0 Å². The van der Waals surface area contributed by atoms with E-state index < -0.39 is 17.7 Å². The van der Waals surface area contributed by atoms with E-state index in [4.69, 9.17) is 19.6 Å². The van der Waals surface area contributed by atoms with E-state index in [2.05, 4.69) is 0 Å². The zero-order chi connectivity index (χ0) is 25.4. The second-order valence-electron chi connectivity index (χ2n) is 11.8. The molecule has 2 N–H and O–H groups in total. The average molecular weight is 513 g/mol. The van der Waals surface area contributed by atoms with Gasteiger partial charge in [-0.2, -0.15) is 14.7 Å². The Morgan fingerprint density at radius 2 is 0.889 bits per heavy atom. The maximum absolute atomic E-state index is 11.4. The van der Waals surface area contributed by atoms with Gasteiger partial charge in [0.1, 0.15) is 6.10 Å². The van der Waals surface area contributed by atoms with Gasteiger partial charge in [-0.15, -0.1) is 0 Å². The van der Waals surface area contributed by atoms with Crippen LogP contribution in [-0.2, 0) is 19.6 Å². The molecule has 0 radical (unpaired) electrons. The molecule has 2 saturated carbocycles. The van der Waals surface area contributed by atoms with Crippen LogP contribution in [0.5, 0.6) is 0 Å². The van der Waals surface area contributed by atoms with E-state index in [9.17, 15) is 10.2 Å². The highest BCUT2D eigenvalue weighted by atomic mass is 17.4. The maximum atomic E-state index is 11.4. The van der Waals surface area contributed by atoms with Crippen LogP contribution in [0.2, 0.25) is 0 Å². The Labute approximate surface area is 220 Å². The summed E-state index contributed by atoms with van der Waals surface area (Å²) in [5, 5.41) is 22.3. The Morgan fingerprint density at radius 1 is 0.500 bits per heavy atom. The van der Waals surface area contributed by atoms with Crippen LogP contribution in [0.1, 0.15) is 167 Å². The molecule has 212 valence electrons. The van der Waals surface area contributed by atoms with Crippen molar-refractivity contribution >= 4 is 0 Å². The van der Waals surface area contributed by atoms with E-state index in [-0.39, 0.29) is 6.10 Å². The molecule has 1 heterocycles. The van der Waals surface area contributed by atoms with Crippen molar-refractivity contribution in [2.45, 2.75) is 191 Å². The smallest absolute Gasteiger partial charge is 0.292 e. The van der Waals surface area contributed by atoms with Crippen molar-refractivity contribution in [2.75, 3.05) is 0 Å². The minimum atomic E-state index is -1.88. The third-order valence-electron chi connectivity index (χ3n) is 8.66. The van der Waals surface area contributed by atoms with E-state index in [0.29, 0.717) is 12.8 Å².